The van der Waals surface area contributed by atoms with E-state index < -0.39 is 0 Å². The molecule has 3 aromatic heterocycles. The third-order valence-corrected chi connectivity index (χ3v) is 5.82. The Hall–Kier alpha value is -3.39. The number of hydrogen-bond acceptors (Lipinski definition) is 6. The Bertz CT molecular complexity index is 1310. The number of fused-ring (bicyclic) bond motifs is 3. The maximum absolute atomic E-state index is 14.7. The molecule has 158 valence electrons. The van der Waals surface area contributed by atoms with Crippen LogP contribution in [0.5, 0.6) is 11.5 Å². The van der Waals surface area contributed by atoms with Crippen LogP contribution in [0.3, 0.4) is 0 Å². The van der Waals surface area contributed by atoms with Crippen LogP contribution in [0.4, 0.5) is 10.2 Å². The van der Waals surface area contributed by atoms with Crippen LogP contribution in [-0.4, -0.2) is 32.8 Å². The van der Waals surface area contributed by atoms with Crippen molar-refractivity contribution in [2.45, 2.75) is 19.4 Å². The lowest BCUT2D eigenvalue weighted by Gasteiger charge is -2.17. The molecule has 5 heterocycles. The predicted molar refractivity (Wildman–Crippen MR) is 116 cm³/mol. The van der Waals surface area contributed by atoms with Gasteiger partial charge in [0.05, 0.1) is 19.1 Å². The normalized spacial score (nSPS) is 16.5. The maximum Gasteiger partial charge on any atom is 0.170 e. The van der Waals surface area contributed by atoms with Gasteiger partial charge in [0.2, 0.25) is 0 Å². The molecule has 0 aliphatic carbocycles. The van der Waals surface area contributed by atoms with Gasteiger partial charge in [-0.15, -0.1) is 22.6 Å². The van der Waals surface area contributed by atoms with Gasteiger partial charge in [0.25, 0.3) is 0 Å². The molecule has 1 aromatic carbocycles. The van der Waals surface area contributed by atoms with Gasteiger partial charge in [-0.1, -0.05) is 6.07 Å². The highest BCUT2D eigenvalue weighted by atomic mass is 35.5. The Morgan fingerprint density at radius 3 is 2.81 bits per heavy atom. The van der Waals surface area contributed by atoms with Crippen LogP contribution >= 0.6 is 12.4 Å². The standard InChI is InChI=1S/C22H18FN5O2.ClH/c1-12-14(3-2-6-24-12)15-7-19-22(28-11-26-27-21(15)28)25-8-16-17(23)4-5-18-20(16)13(9-29-18)10-30-19;/h2-7,11,13,25H,8-10H2,1H3;1H. The van der Waals surface area contributed by atoms with Crippen LogP contribution in [0.1, 0.15) is 22.7 Å². The average Bonchev–Trinajstić information content (AvgIpc) is 3.40. The molecule has 2 aliphatic rings. The van der Waals surface area contributed by atoms with Crippen LogP contribution in [-0.2, 0) is 6.54 Å². The number of nitrogens with zero attached hydrogens (tertiary/aromatic N) is 4. The first-order valence-corrected chi connectivity index (χ1v) is 9.80. The smallest absolute Gasteiger partial charge is 0.170 e. The molecule has 7 nitrogen and oxygen atoms in total. The number of anilines is 1. The fourth-order valence-corrected chi connectivity index (χ4v) is 4.35. The summed E-state index contributed by atoms with van der Waals surface area (Å²) in [4.78, 5) is 4.40. The van der Waals surface area contributed by atoms with E-state index in [0.717, 1.165) is 28.1 Å². The van der Waals surface area contributed by atoms with E-state index in [4.69, 9.17) is 9.47 Å². The average molecular weight is 440 g/mol. The second-order valence-electron chi connectivity index (χ2n) is 7.54. The number of aromatic nitrogens is 4. The maximum atomic E-state index is 14.7. The number of rotatable bonds is 1. The molecule has 0 amide bonds. The number of benzene rings is 1. The van der Waals surface area contributed by atoms with Crippen molar-refractivity contribution in [2.24, 2.45) is 0 Å². The van der Waals surface area contributed by atoms with Crippen molar-refractivity contribution in [2.75, 3.05) is 18.5 Å². The van der Waals surface area contributed by atoms with E-state index >= 15 is 0 Å². The number of aryl methyl sites for hydroxylation is 1. The monoisotopic (exact) mass is 439 g/mol. The Balaban J connectivity index is 0.00000204. The first-order valence-electron chi connectivity index (χ1n) is 9.80. The second-order valence-corrected chi connectivity index (χ2v) is 7.54. The number of nitrogens with one attached hydrogen (secondary N) is 1. The van der Waals surface area contributed by atoms with Crippen molar-refractivity contribution in [3.63, 3.8) is 0 Å². The predicted octanol–water partition coefficient (Wildman–Crippen LogP) is 4.14. The topological polar surface area (TPSA) is 73.6 Å². The third kappa shape index (κ3) is 2.97. The summed E-state index contributed by atoms with van der Waals surface area (Å²) in [5.41, 5.74) is 4.91. The fraction of sp³-hybridized carbons (Fsp3) is 0.227. The van der Waals surface area contributed by atoms with E-state index in [2.05, 4.69) is 20.5 Å². The quantitative estimate of drug-likeness (QED) is 0.480. The summed E-state index contributed by atoms with van der Waals surface area (Å²) < 4.78 is 28.6. The summed E-state index contributed by atoms with van der Waals surface area (Å²) in [5.74, 6) is 1.80. The molecule has 0 saturated carbocycles. The minimum absolute atomic E-state index is 0. The molecule has 1 N–H and O–H groups in total. The van der Waals surface area contributed by atoms with Gasteiger partial charge in [0.15, 0.2) is 17.2 Å². The van der Waals surface area contributed by atoms with Gasteiger partial charge in [0.1, 0.15) is 17.9 Å². The van der Waals surface area contributed by atoms with Crippen molar-refractivity contribution >= 4 is 23.9 Å². The van der Waals surface area contributed by atoms with E-state index in [9.17, 15) is 4.39 Å². The van der Waals surface area contributed by atoms with Gasteiger partial charge in [-0.25, -0.2) is 4.39 Å². The highest BCUT2D eigenvalue weighted by Crippen LogP contribution is 2.42. The Morgan fingerprint density at radius 1 is 1.13 bits per heavy atom. The second kappa shape index (κ2) is 7.39. The van der Waals surface area contributed by atoms with Crippen molar-refractivity contribution in [1.29, 1.82) is 0 Å². The number of hydrogen-bond donors (Lipinski definition) is 1. The first-order chi connectivity index (χ1) is 14.7. The first kappa shape index (κ1) is 19.6. The molecule has 31 heavy (non-hydrogen) atoms. The molecule has 4 aromatic rings. The Kier molecular flexibility index (Phi) is 4.66. The molecule has 0 bridgehead atoms. The van der Waals surface area contributed by atoms with E-state index in [1.807, 2.05) is 29.5 Å². The number of halogens is 2. The molecule has 6 rings (SSSR count). The van der Waals surface area contributed by atoms with Gasteiger partial charge >= 0.3 is 0 Å². The number of pyridine rings is 2. The highest BCUT2D eigenvalue weighted by molar-refractivity contribution is 5.85. The third-order valence-electron chi connectivity index (χ3n) is 5.82. The van der Waals surface area contributed by atoms with Crippen LogP contribution in [0.25, 0.3) is 16.8 Å². The zero-order valence-electron chi connectivity index (χ0n) is 16.6. The van der Waals surface area contributed by atoms with Gasteiger partial charge in [-0.05, 0) is 31.2 Å². The van der Waals surface area contributed by atoms with Crippen molar-refractivity contribution in [3.05, 3.63) is 65.5 Å². The lowest BCUT2D eigenvalue weighted by Crippen LogP contribution is -2.13. The molecule has 1 atom stereocenters. The largest absolute Gasteiger partial charge is 0.493 e. The van der Waals surface area contributed by atoms with E-state index in [1.54, 1.807) is 18.6 Å². The fourth-order valence-electron chi connectivity index (χ4n) is 4.35. The Morgan fingerprint density at radius 2 is 1.97 bits per heavy atom. The molecule has 0 radical (unpaired) electrons. The minimum atomic E-state index is -0.247. The Labute approximate surface area is 183 Å². The molecule has 0 saturated heterocycles. The summed E-state index contributed by atoms with van der Waals surface area (Å²) in [7, 11) is 0. The van der Waals surface area contributed by atoms with Crippen LogP contribution in [0.2, 0.25) is 0 Å². The van der Waals surface area contributed by atoms with Crippen molar-refractivity contribution in [3.8, 4) is 22.6 Å². The summed E-state index contributed by atoms with van der Waals surface area (Å²) in [5, 5.41) is 11.8. The summed E-state index contributed by atoms with van der Waals surface area (Å²) in [6.07, 6.45) is 3.40. The van der Waals surface area contributed by atoms with Crippen LogP contribution in [0, 0.1) is 12.7 Å². The summed E-state index contributed by atoms with van der Waals surface area (Å²) >= 11 is 0. The molecule has 0 spiro atoms. The van der Waals surface area contributed by atoms with Gasteiger partial charge in [0, 0.05) is 40.7 Å². The van der Waals surface area contributed by atoms with Gasteiger partial charge < -0.3 is 14.8 Å². The molecule has 1 unspecified atom stereocenters. The molecular formula is C22H19ClFN5O2. The SMILES string of the molecule is Cc1ncccc1-c1cc2c(n3cnnc13)NCc1c(F)ccc3c1C(CO3)CO2.Cl. The minimum Gasteiger partial charge on any atom is -0.493 e. The lowest BCUT2D eigenvalue weighted by atomic mass is 9.96. The summed E-state index contributed by atoms with van der Waals surface area (Å²) in [6.45, 7) is 3.13. The molecule has 0 fully saturated rings. The van der Waals surface area contributed by atoms with Crippen LogP contribution in [0.15, 0.2) is 42.9 Å². The van der Waals surface area contributed by atoms with E-state index in [-0.39, 0.29) is 24.1 Å². The van der Waals surface area contributed by atoms with Gasteiger partial charge in [-0.2, -0.15) is 0 Å². The van der Waals surface area contributed by atoms with Crippen molar-refractivity contribution < 1.29 is 13.9 Å². The number of ether oxygens (including phenoxy) is 2. The zero-order chi connectivity index (χ0) is 20.2. The van der Waals surface area contributed by atoms with Crippen LogP contribution < -0.4 is 14.8 Å². The van der Waals surface area contributed by atoms with Crippen molar-refractivity contribution in [1.82, 2.24) is 19.6 Å². The molecule has 2 aliphatic heterocycles. The van der Waals surface area contributed by atoms with Gasteiger partial charge in [-0.3, -0.25) is 9.38 Å². The van der Waals surface area contributed by atoms with E-state index in [1.165, 1.54) is 6.07 Å². The molecule has 9 heteroatoms. The lowest BCUT2D eigenvalue weighted by molar-refractivity contribution is 0.249. The highest BCUT2D eigenvalue weighted by Gasteiger charge is 2.31. The molecular weight excluding hydrogens is 421 g/mol. The summed E-state index contributed by atoms with van der Waals surface area (Å²) in [6, 6.07) is 9.01. The van der Waals surface area contributed by atoms with E-state index in [0.29, 0.717) is 42.5 Å². The zero-order valence-corrected chi connectivity index (χ0v) is 17.4.